The molecule has 0 aliphatic rings. The van der Waals surface area contributed by atoms with Gasteiger partial charge in [0.25, 0.3) is 0 Å². The zero-order chi connectivity index (χ0) is 20.3. The summed E-state index contributed by atoms with van der Waals surface area (Å²) in [5, 5.41) is 22.1. The Labute approximate surface area is 160 Å². The van der Waals surface area contributed by atoms with Gasteiger partial charge in [-0.15, -0.1) is 0 Å². The number of carbonyl (C=O) groups excluding carboxylic acids is 1. The van der Waals surface area contributed by atoms with Gasteiger partial charge in [-0.25, -0.2) is 0 Å². The minimum Gasteiger partial charge on any atom is -0.303 e. The lowest BCUT2D eigenvalue weighted by molar-refractivity contribution is -0.427. The first-order valence-electron chi connectivity index (χ1n) is 9.43. The van der Waals surface area contributed by atoms with E-state index in [1.165, 1.54) is 12.2 Å². The van der Waals surface area contributed by atoms with Crippen LogP contribution in [-0.4, -0.2) is 16.1 Å². The average molecular weight is 378 g/mol. The molecule has 0 amide bonds. The summed E-state index contributed by atoms with van der Waals surface area (Å²) in [4.78, 5) is 31.4. The highest BCUT2D eigenvalue weighted by molar-refractivity contribution is 5.49. The molecule has 7 nitrogen and oxygen atoms in total. The molecule has 0 aliphatic carbocycles. The van der Waals surface area contributed by atoms with Crippen LogP contribution < -0.4 is 0 Å². The van der Waals surface area contributed by atoms with E-state index in [1.54, 1.807) is 12.2 Å². The fraction of sp³-hybridized carbons (Fsp3) is 0.550. The molecule has 0 atom stereocenters. The molecule has 0 fully saturated rings. The number of carbonyl (C=O) groups is 1. The number of allylic oxidation sites excluding steroid dienone is 6. The SMILES string of the molecule is CCCCC/C=C/C/C(=C/C/C=C(/C/C=C/CCCC=O)[N+](=O)[O-])[N+](=O)[O-]. The van der Waals surface area contributed by atoms with Gasteiger partial charge in [0.05, 0.1) is 22.7 Å². The molecule has 150 valence electrons. The number of unbranched alkanes of at least 4 members (excludes halogenated alkanes) is 5. The second-order valence-corrected chi connectivity index (χ2v) is 6.09. The number of hydrogen-bond acceptors (Lipinski definition) is 5. The zero-order valence-electron chi connectivity index (χ0n) is 16.0. The summed E-state index contributed by atoms with van der Waals surface area (Å²) in [6.07, 6.45) is 17.6. The maximum atomic E-state index is 11.1. The molecule has 0 saturated heterocycles. The fourth-order valence-corrected chi connectivity index (χ4v) is 2.27. The summed E-state index contributed by atoms with van der Waals surface area (Å²) in [5.41, 5.74) is 0.0563. The summed E-state index contributed by atoms with van der Waals surface area (Å²) in [6, 6.07) is 0. The highest BCUT2D eigenvalue weighted by Crippen LogP contribution is 2.11. The highest BCUT2D eigenvalue weighted by Gasteiger charge is 2.10. The van der Waals surface area contributed by atoms with Gasteiger partial charge in [-0.3, -0.25) is 20.2 Å². The minimum atomic E-state index is -0.469. The molecule has 0 aliphatic heterocycles. The predicted octanol–water partition coefficient (Wildman–Crippen LogP) is 5.54. The number of rotatable bonds is 16. The van der Waals surface area contributed by atoms with Gasteiger partial charge in [-0.05, 0) is 44.3 Å². The van der Waals surface area contributed by atoms with Gasteiger partial charge >= 0.3 is 0 Å². The monoisotopic (exact) mass is 378 g/mol. The third-order valence-corrected chi connectivity index (χ3v) is 3.83. The van der Waals surface area contributed by atoms with Crippen LogP contribution in [0.3, 0.4) is 0 Å². The van der Waals surface area contributed by atoms with E-state index in [0.29, 0.717) is 12.8 Å². The molecule has 0 aromatic heterocycles. The Morgan fingerprint density at radius 2 is 1.30 bits per heavy atom. The topological polar surface area (TPSA) is 103 Å². The van der Waals surface area contributed by atoms with Crippen LogP contribution in [0, 0.1) is 20.2 Å². The van der Waals surface area contributed by atoms with Crippen LogP contribution in [0.4, 0.5) is 0 Å². The first-order chi connectivity index (χ1) is 13.0. The van der Waals surface area contributed by atoms with Gasteiger partial charge in [0.15, 0.2) is 0 Å². The fourth-order valence-electron chi connectivity index (χ4n) is 2.27. The number of nitro groups is 2. The predicted molar refractivity (Wildman–Crippen MR) is 106 cm³/mol. The van der Waals surface area contributed by atoms with E-state index < -0.39 is 9.85 Å². The highest BCUT2D eigenvalue weighted by atomic mass is 16.6. The van der Waals surface area contributed by atoms with Crippen molar-refractivity contribution in [1.82, 2.24) is 0 Å². The molecular weight excluding hydrogens is 348 g/mol. The van der Waals surface area contributed by atoms with Crippen LogP contribution in [0.1, 0.15) is 71.1 Å². The van der Waals surface area contributed by atoms with Crippen LogP contribution in [0.15, 0.2) is 47.9 Å². The summed E-state index contributed by atoms with van der Waals surface area (Å²) in [6.45, 7) is 2.12. The molecule has 27 heavy (non-hydrogen) atoms. The lowest BCUT2D eigenvalue weighted by Crippen LogP contribution is -1.99. The smallest absolute Gasteiger partial charge is 0.246 e. The Hall–Kier alpha value is -2.57. The number of aldehydes is 1. The Morgan fingerprint density at radius 3 is 1.74 bits per heavy atom. The third-order valence-electron chi connectivity index (χ3n) is 3.83. The van der Waals surface area contributed by atoms with Crippen molar-refractivity contribution in [1.29, 1.82) is 0 Å². The van der Waals surface area contributed by atoms with Crippen molar-refractivity contribution in [2.24, 2.45) is 0 Å². The molecule has 0 saturated carbocycles. The first-order valence-corrected chi connectivity index (χ1v) is 9.43. The summed E-state index contributed by atoms with van der Waals surface area (Å²) >= 11 is 0. The van der Waals surface area contributed by atoms with Crippen molar-refractivity contribution in [3.05, 3.63) is 68.1 Å². The molecule has 0 bridgehead atoms. The van der Waals surface area contributed by atoms with E-state index in [0.717, 1.165) is 38.4 Å². The van der Waals surface area contributed by atoms with Crippen LogP contribution in [0.2, 0.25) is 0 Å². The van der Waals surface area contributed by atoms with E-state index in [2.05, 4.69) is 6.92 Å². The molecule has 0 aromatic carbocycles. The van der Waals surface area contributed by atoms with E-state index >= 15 is 0 Å². The van der Waals surface area contributed by atoms with E-state index in [-0.39, 0.29) is 30.7 Å². The lowest BCUT2D eigenvalue weighted by atomic mass is 10.1. The van der Waals surface area contributed by atoms with Crippen molar-refractivity contribution in [2.45, 2.75) is 71.1 Å². The van der Waals surface area contributed by atoms with E-state index in [9.17, 15) is 25.0 Å². The summed E-state index contributed by atoms with van der Waals surface area (Å²) in [7, 11) is 0. The van der Waals surface area contributed by atoms with Gasteiger partial charge in [-0.1, -0.05) is 44.1 Å². The van der Waals surface area contributed by atoms with E-state index in [4.69, 9.17) is 0 Å². The maximum absolute atomic E-state index is 11.1. The van der Waals surface area contributed by atoms with Crippen molar-refractivity contribution < 1.29 is 14.6 Å². The second kappa shape index (κ2) is 16.9. The van der Waals surface area contributed by atoms with Gasteiger partial charge in [-0.2, -0.15) is 0 Å². The standard InChI is InChI=1S/C20H30N2O5/c1-2-3-4-5-7-10-14-19(21(24)25)16-13-17-20(22(26)27)15-11-8-6-9-12-18-23/h7-8,10-11,16-18H,2-6,9,12-15H2,1H3/b10-7+,11-8+,19-16-,20-17-. The number of hydrogen-bond donors (Lipinski definition) is 0. The lowest BCUT2D eigenvalue weighted by Gasteiger charge is -1.96. The van der Waals surface area contributed by atoms with Gasteiger partial charge in [0.2, 0.25) is 11.4 Å². The van der Waals surface area contributed by atoms with E-state index in [1.807, 2.05) is 12.2 Å². The molecule has 0 radical (unpaired) electrons. The third kappa shape index (κ3) is 14.3. The second-order valence-electron chi connectivity index (χ2n) is 6.09. The molecule has 0 spiro atoms. The normalized spacial score (nSPS) is 12.8. The van der Waals surface area contributed by atoms with Crippen molar-refractivity contribution in [3.63, 3.8) is 0 Å². The van der Waals surface area contributed by atoms with Crippen LogP contribution in [0.5, 0.6) is 0 Å². The molecule has 0 heterocycles. The Balaban J connectivity index is 4.61. The molecule has 0 aromatic rings. The minimum absolute atomic E-state index is 0.00990. The average Bonchev–Trinajstić information content (AvgIpc) is 2.63. The summed E-state index contributed by atoms with van der Waals surface area (Å²) in [5.74, 6) is 0. The largest absolute Gasteiger partial charge is 0.303 e. The van der Waals surface area contributed by atoms with Crippen LogP contribution >= 0.6 is 0 Å². The Morgan fingerprint density at radius 1 is 0.778 bits per heavy atom. The van der Waals surface area contributed by atoms with Crippen molar-refractivity contribution in [3.8, 4) is 0 Å². The first kappa shape index (κ1) is 24.4. The van der Waals surface area contributed by atoms with Crippen molar-refractivity contribution in [2.75, 3.05) is 0 Å². The van der Waals surface area contributed by atoms with Gasteiger partial charge in [0, 0.05) is 6.42 Å². The maximum Gasteiger partial charge on any atom is 0.246 e. The van der Waals surface area contributed by atoms with Crippen LogP contribution in [0.25, 0.3) is 0 Å². The van der Waals surface area contributed by atoms with Gasteiger partial charge in [0.1, 0.15) is 6.29 Å². The molecule has 0 N–H and O–H groups in total. The quantitative estimate of drug-likeness (QED) is 0.115. The molecule has 0 unspecified atom stereocenters. The Kier molecular flexibility index (Phi) is 15.3. The zero-order valence-corrected chi connectivity index (χ0v) is 16.0. The van der Waals surface area contributed by atoms with Crippen molar-refractivity contribution >= 4 is 6.29 Å². The number of nitrogens with zero attached hydrogens (tertiary/aromatic N) is 2. The molecule has 0 rings (SSSR count). The molecular formula is C20H30N2O5. The van der Waals surface area contributed by atoms with Crippen LogP contribution in [-0.2, 0) is 4.79 Å². The molecule has 7 heteroatoms. The van der Waals surface area contributed by atoms with Gasteiger partial charge < -0.3 is 4.79 Å². The summed E-state index contributed by atoms with van der Waals surface area (Å²) < 4.78 is 0. The Bertz CT molecular complexity index is 577.